The van der Waals surface area contributed by atoms with Crippen molar-refractivity contribution < 1.29 is 13.9 Å². The van der Waals surface area contributed by atoms with E-state index in [2.05, 4.69) is 20.6 Å². The van der Waals surface area contributed by atoms with Gasteiger partial charge in [0.25, 0.3) is 0 Å². The molecule has 0 bridgehead atoms. The zero-order chi connectivity index (χ0) is 21.2. The molecule has 0 spiro atoms. The molecule has 0 radical (unpaired) electrons. The Balaban J connectivity index is 0.00000341. The second-order valence-electron chi connectivity index (χ2n) is 6.51. The zero-order valence-corrected chi connectivity index (χ0v) is 19.8. The Bertz CT molecular complexity index is 966. The van der Waals surface area contributed by atoms with E-state index in [-0.39, 0.29) is 29.8 Å². The topological polar surface area (TPSA) is 67.8 Å². The predicted octanol–water partition coefficient (Wildman–Crippen LogP) is 4.55. The molecule has 0 unspecified atom stereocenters. The van der Waals surface area contributed by atoms with E-state index in [4.69, 9.17) is 9.47 Å². The molecule has 3 aromatic rings. The van der Waals surface area contributed by atoms with E-state index in [0.717, 1.165) is 16.9 Å². The van der Waals surface area contributed by atoms with Crippen molar-refractivity contribution in [2.45, 2.75) is 13.0 Å². The SMILES string of the molecule is CN=C(NCCc1cccc(F)c1)NCc1ccc(Oc2ccc(OC)cc2)nc1.I. The van der Waals surface area contributed by atoms with Crippen molar-refractivity contribution >= 4 is 29.9 Å². The number of nitrogens with one attached hydrogen (secondary N) is 2. The first-order chi connectivity index (χ1) is 14.7. The van der Waals surface area contributed by atoms with Crippen LogP contribution in [0, 0.1) is 5.82 Å². The molecule has 1 aromatic heterocycles. The number of ether oxygens (including phenoxy) is 2. The number of benzene rings is 2. The Morgan fingerprint density at radius 3 is 2.42 bits per heavy atom. The fourth-order valence-corrected chi connectivity index (χ4v) is 2.76. The summed E-state index contributed by atoms with van der Waals surface area (Å²) < 4.78 is 24.1. The smallest absolute Gasteiger partial charge is 0.219 e. The lowest BCUT2D eigenvalue weighted by Crippen LogP contribution is -2.37. The number of aliphatic imine (C=N–C) groups is 1. The molecule has 0 amide bonds. The molecule has 0 saturated heterocycles. The van der Waals surface area contributed by atoms with Crippen LogP contribution in [-0.4, -0.2) is 31.6 Å². The van der Waals surface area contributed by atoms with Gasteiger partial charge in [0.05, 0.1) is 7.11 Å². The largest absolute Gasteiger partial charge is 0.497 e. The number of halogens is 2. The van der Waals surface area contributed by atoms with Crippen LogP contribution in [-0.2, 0) is 13.0 Å². The van der Waals surface area contributed by atoms with Crippen molar-refractivity contribution in [1.29, 1.82) is 0 Å². The summed E-state index contributed by atoms with van der Waals surface area (Å²) in [6, 6.07) is 17.7. The Kier molecular flexibility index (Phi) is 10.0. The number of methoxy groups -OCH3 is 1. The number of aromatic nitrogens is 1. The summed E-state index contributed by atoms with van der Waals surface area (Å²) in [7, 11) is 3.33. The molecule has 31 heavy (non-hydrogen) atoms. The molecule has 6 nitrogen and oxygen atoms in total. The maximum absolute atomic E-state index is 13.2. The molecule has 8 heteroatoms. The van der Waals surface area contributed by atoms with Gasteiger partial charge in [-0.15, -0.1) is 24.0 Å². The lowest BCUT2D eigenvalue weighted by molar-refractivity contribution is 0.412. The predicted molar refractivity (Wildman–Crippen MR) is 131 cm³/mol. The van der Waals surface area contributed by atoms with Crippen LogP contribution in [0.1, 0.15) is 11.1 Å². The van der Waals surface area contributed by atoms with E-state index in [1.165, 1.54) is 6.07 Å². The minimum Gasteiger partial charge on any atom is -0.497 e. The maximum Gasteiger partial charge on any atom is 0.219 e. The van der Waals surface area contributed by atoms with Gasteiger partial charge in [0.2, 0.25) is 5.88 Å². The first-order valence-corrected chi connectivity index (χ1v) is 9.62. The van der Waals surface area contributed by atoms with Gasteiger partial charge in [0.15, 0.2) is 5.96 Å². The molecule has 3 rings (SSSR count). The second kappa shape index (κ2) is 12.7. The number of rotatable bonds is 8. The molecule has 1 heterocycles. The fourth-order valence-electron chi connectivity index (χ4n) is 2.76. The highest BCUT2D eigenvalue weighted by Crippen LogP contribution is 2.22. The number of hydrogen-bond acceptors (Lipinski definition) is 4. The summed E-state index contributed by atoms with van der Waals surface area (Å²) in [4.78, 5) is 8.55. The van der Waals surface area contributed by atoms with E-state index in [9.17, 15) is 4.39 Å². The quantitative estimate of drug-likeness (QED) is 0.251. The molecule has 2 aromatic carbocycles. The molecule has 0 atom stereocenters. The van der Waals surface area contributed by atoms with Crippen molar-refractivity contribution in [3.8, 4) is 17.4 Å². The summed E-state index contributed by atoms with van der Waals surface area (Å²) in [5.74, 6) is 2.43. The van der Waals surface area contributed by atoms with Gasteiger partial charge in [0.1, 0.15) is 17.3 Å². The van der Waals surface area contributed by atoms with E-state index >= 15 is 0 Å². The van der Waals surface area contributed by atoms with Crippen molar-refractivity contribution in [1.82, 2.24) is 15.6 Å². The zero-order valence-electron chi connectivity index (χ0n) is 17.5. The molecule has 164 valence electrons. The average molecular weight is 536 g/mol. The standard InChI is InChI=1S/C23H25FN4O2.HI/c1-25-23(26-13-12-17-4-3-5-19(24)14-17)28-16-18-6-11-22(27-15-18)30-21-9-7-20(29-2)8-10-21;/h3-11,14-15H,12-13,16H2,1-2H3,(H2,25,26,28);1H. The number of nitrogens with zero attached hydrogens (tertiary/aromatic N) is 2. The molecule has 2 N–H and O–H groups in total. The van der Waals surface area contributed by atoms with Gasteiger partial charge in [-0.3, -0.25) is 4.99 Å². The highest BCUT2D eigenvalue weighted by molar-refractivity contribution is 14.0. The Labute approximate surface area is 198 Å². The van der Waals surface area contributed by atoms with Gasteiger partial charge in [-0.1, -0.05) is 18.2 Å². The van der Waals surface area contributed by atoms with Crippen molar-refractivity contribution in [3.63, 3.8) is 0 Å². The van der Waals surface area contributed by atoms with Crippen molar-refractivity contribution in [3.05, 3.63) is 83.8 Å². The van der Waals surface area contributed by atoms with Crippen LogP contribution < -0.4 is 20.1 Å². The Hall–Kier alpha value is -2.88. The molecule has 0 saturated carbocycles. The van der Waals surface area contributed by atoms with Crippen LogP contribution in [0.3, 0.4) is 0 Å². The van der Waals surface area contributed by atoms with Gasteiger partial charge in [-0.2, -0.15) is 0 Å². The summed E-state index contributed by atoms with van der Waals surface area (Å²) in [6.07, 6.45) is 2.46. The van der Waals surface area contributed by atoms with Crippen LogP contribution in [0.4, 0.5) is 4.39 Å². The Morgan fingerprint density at radius 1 is 1.00 bits per heavy atom. The van der Waals surface area contributed by atoms with Crippen molar-refractivity contribution in [2.75, 3.05) is 20.7 Å². The first kappa shape index (κ1) is 24.4. The number of pyridine rings is 1. The minimum atomic E-state index is -0.220. The van der Waals surface area contributed by atoms with Crippen LogP contribution in [0.25, 0.3) is 0 Å². The van der Waals surface area contributed by atoms with Crippen LogP contribution in [0.5, 0.6) is 17.4 Å². The monoisotopic (exact) mass is 536 g/mol. The van der Waals surface area contributed by atoms with Crippen LogP contribution >= 0.6 is 24.0 Å². The van der Waals surface area contributed by atoms with E-state index in [1.807, 2.05) is 42.5 Å². The lowest BCUT2D eigenvalue weighted by atomic mass is 10.1. The fraction of sp³-hybridized carbons (Fsp3) is 0.217. The molecule has 0 aliphatic rings. The maximum atomic E-state index is 13.2. The third-order valence-corrected chi connectivity index (χ3v) is 4.36. The van der Waals surface area contributed by atoms with Crippen LogP contribution in [0.2, 0.25) is 0 Å². The second-order valence-corrected chi connectivity index (χ2v) is 6.51. The van der Waals surface area contributed by atoms with Crippen molar-refractivity contribution in [2.24, 2.45) is 4.99 Å². The lowest BCUT2D eigenvalue weighted by Gasteiger charge is -2.12. The summed E-state index contributed by atoms with van der Waals surface area (Å²) in [5, 5.41) is 6.46. The summed E-state index contributed by atoms with van der Waals surface area (Å²) in [5.41, 5.74) is 1.93. The van der Waals surface area contributed by atoms with Gasteiger partial charge in [-0.05, 0) is 53.9 Å². The minimum absolute atomic E-state index is 0. The van der Waals surface area contributed by atoms with Crippen LogP contribution in [0.15, 0.2) is 71.9 Å². The first-order valence-electron chi connectivity index (χ1n) is 9.62. The van der Waals surface area contributed by atoms with Gasteiger partial charge < -0.3 is 20.1 Å². The normalized spacial score (nSPS) is 10.7. The van der Waals surface area contributed by atoms with Gasteiger partial charge in [-0.25, -0.2) is 9.37 Å². The highest BCUT2D eigenvalue weighted by atomic mass is 127. The number of hydrogen-bond donors (Lipinski definition) is 2. The molecule has 0 aliphatic heterocycles. The van der Waals surface area contributed by atoms with Gasteiger partial charge >= 0.3 is 0 Å². The molecular formula is C23H26FIN4O2. The summed E-state index contributed by atoms with van der Waals surface area (Å²) >= 11 is 0. The third-order valence-electron chi connectivity index (χ3n) is 4.36. The average Bonchev–Trinajstić information content (AvgIpc) is 2.78. The summed E-state index contributed by atoms with van der Waals surface area (Å²) in [6.45, 7) is 1.21. The molecule has 0 fully saturated rings. The highest BCUT2D eigenvalue weighted by Gasteiger charge is 2.03. The molecule has 0 aliphatic carbocycles. The van der Waals surface area contributed by atoms with E-state index < -0.39 is 0 Å². The van der Waals surface area contributed by atoms with Gasteiger partial charge in [0, 0.05) is 32.4 Å². The van der Waals surface area contributed by atoms with E-state index in [1.54, 1.807) is 32.5 Å². The Morgan fingerprint density at radius 2 is 1.77 bits per heavy atom. The third kappa shape index (κ3) is 8.05. The number of guanidine groups is 1. The molecular weight excluding hydrogens is 510 g/mol. The van der Waals surface area contributed by atoms with E-state index in [0.29, 0.717) is 37.1 Å².